The van der Waals surface area contributed by atoms with Crippen molar-refractivity contribution in [3.05, 3.63) is 107 Å². The minimum Gasteiger partial charge on any atom is -0.507 e. The van der Waals surface area contributed by atoms with E-state index in [1.165, 1.54) is 0 Å². The van der Waals surface area contributed by atoms with E-state index in [-0.39, 0.29) is 34.9 Å². The Labute approximate surface area is 215 Å². The number of allylic oxidation sites excluding steroid dienone is 8. The van der Waals surface area contributed by atoms with E-state index in [1.54, 1.807) is 12.1 Å². The molecular formula is C34H18O4. The molecule has 0 spiro atoms. The zero-order valence-electron chi connectivity index (χ0n) is 19.9. The molecule has 4 nitrogen and oxygen atoms in total. The van der Waals surface area contributed by atoms with Gasteiger partial charge in [0.1, 0.15) is 11.5 Å². The van der Waals surface area contributed by atoms with E-state index in [1.807, 2.05) is 72.9 Å². The lowest BCUT2D eigenvalue weighted by Crippen LogP contribution is -2.28. The number of ketones is 2. The summed E-state index contributed by atoms with van der Waals surface area (Å²) in [5.74, 6) is -0.608. The van der Waals surface area contributed by atoms with Crippen LogP contribution in [0, 0.1) is 11.8 Å². The first-order valence-corrected chi connectivity index (χ1v) is 12.7. The lowest BCUT2D eigenvalue weighted by Gasteiger charge is -2.27. The number of rotatable bonds is 0. The SMILES string of the molecule is O=C1c2ccc3c4ccc5c6c(cc(O)c(c7c(O)cc(c2c37)=C2C=CC=CC12)c64)=C1C=CC=CC1C5=O. The standard InChI is InChI=1S/C34H18O4/c35-25-13-23-15-5-1-3-7-19(15)33(37)21-11-9-17-18-10-12-22-28-24(16-6-2-4-8-20(16)34(22)38)14-26(36)32(30(18)28)31(25)29(17)27(21)23/h1-14,19-20,35-36H. The summed E-state index contributed by atoms with van der Waals surface area (Å²) in [5, 5.41) is 30.7. The Kier molecular flexibility index (Phi) is 3.43. The number of phenols is 2. The first-order valence-electron chi connectivity index (χ1n) is 12.7. The lowest BCUT2D eigenvalue weighted by molar-refractivity contribution is 0.0961. The lowest BCUT2D eigenvalue weighted by atomic mass is 9.75. The first kappa shape index (κ1) is 20.1. The highest BCUT2D eigenvalue weighted by molar-refractivity contribution is 6.39. The van der Waals surface area contributed by atoms with Crippen LogP contribution in [0.25, 0.3) is 54.2 Å². The monoisotopic (exact) mass is 490 g/mol. The molecule has 0 bridgehead atoms. The number of phenolic OH excluding ortho intramolecular Hbond substituents is 2. The molecule has 2 atom stereocenters. The molecule has 38 heavy (non-hydrogen) atoms. The maximum Gasteiger partial charge on any atom is 0.174 e. The Morgan fingerprint density at radius 3 is 1.42 bits per heavy atom. The van der Waals surface area contributed by atoms with Crippen LogP contribution in [0.4, 0.5) is 0 Å². The molecule has 4 aliphatic carbocycles. The fraction of sp³-hybridized carbons (Fsp3) is 0.0588. The summed E-state index contributed by atoms with van der Waals surface area (Å²) in [6, 6.07) is 11.1. The molecule has 0 heterocycles. The van der Waals surface area contributed by atoms with Gasteiger partial charge < -0.3 is 10.2 Å². The van der Waals surface area contributed by atoms with Gasteiger partial charge in [0.05, 0.1) is 11.8 Å². The highest BCUT2D eigenvalue weighted by atomic mass is 16.3. The molecule has 0 saturated heterocycles. The molecule has 5 aromatic carbocycles. The number of carbonyl (C=O) groups is 2. The van der Waals surface area contributed by atoms with Crippen LogP contribution >= 0.6 is 0 Å². The minimum atomic E-state index is -0.379. The third-order valence-corrected chi connectivity index (χ3v) is 8.83. The molecule has 0 aromatic heterocycles. The molecule has 0 amide bonds. The Balaban J connectivity index is 1.61. The third kappa shape index (κ3) is 2.12. The van der Waals surface area contributed by atoms with Crippen molar-refractivity contribution >= 4 is 65.8 Å². The number of hydrogen-bond acceptors (Lipinski definition) is 4. The molecule has 4 heteroatoms. The molecule has 2 N–H and O–H groups in total. The Bertz CT molecular complexity index is 2130. The zero-order valence-corrected chi connectivity index (χ0v) is 19.9. The summed E-state index contributed by atoms with van der Waals surface area (Å²) in [5.41, 5.74) is 2.98. The van der Waals surface area contributed by atoms with Crippen LogP contribution in [-0.4, -0.2) is 21.8 Å². The van der Waals surface area contributed by atoms with Gasteiger partial charge in [-0.2, -0.15) is 0 Å². The zero-order chi connectivity index (χ0) is 25.4. The maximum absolute atomic E-state index is 13.6. The van der Waals surface area contributed by atoms with Gasteiger partial charge in [0.2, 0.25) is 0 Å². The Morgan fingerprint density at radius 2 is 0.974 bits per heavy atom. The van der Waals surface area contributed by atoms with Gasteiger partial charge in [-0.25, -0.2) is 0 Å². The second-order valence-electron chi connectivity index (χ2n) is 10.5. The molecule has 0 aliphatic heterocycles. The summed E-state index contributed by atoms with van der Waals surface area (Å²) in [6.07, 6.45) is 15.3. The van der Waals surface area contributed by atoms with Crippen molar-refractivity contribution in [1.82, 2.24) is 0 Å². The summed E-state index contributed by atoms with van der Waals surface area (Å²) in [7, 11) is 0. The van der Waals surface area contributed by atoms with E-state index >= 15 is 0 Å². The van der Waals surface area contributed by atoms with Crippen molar-refractivity contribution < 1.29 is 19.8 Å². The number of Topliss-reactive ketones (excluding diaryl/α,β-unsaturated/α-hetero) is 2. The van der Waals surface area contributed by atoms with E-state index in [0.717, 1.165) is 53.9 Å². The van der Waals surface area contributed by atoms with E-state index in [2.05, 4.69) is 0 Å². The van der Waals surface area contributed by atoms with Crippen LogP contribution in [0.2, 0.25) is 0 Å². The third-order valence-electron chi connectivity index (χ3n) is 8.83. The van der Waals surface area contributed by atoms with Crippen LogP contribution in [-0.2, 0) is 0 Å². The Hall–Kier alpha value is -4.96. The summed E-state index contributed by atoms with van der Waals surface area (Å²) in [6.45, 7) is 0. The highest BCUT2D eigenvalue weighted by Gasteiger charge is 2.34. The normalized spacial score (nSPS) is 20.9. The smallest absolute Gasteiger partial charge is 0.174 e. The van der Waals surface area contributed by atoms with Crippen LogP contribution in [0.15, 0.2) is 85.0 Å². The number of carbonyl (C=O) groups excluding carboxylic acids is 2. The quantitative estimate of drug-likeness (QED) is 0.227. The molecule has 0 saturated carbocycles. The maximum atomic E-state index is 13.6. The van der Waals surface area contributed by atoms with Crippen LogP contribution in [0.3, 0.4) is 0 Å². The van der Waals surface area contributed by atoms with E-state index in [0.29, 0.717) is 21.9 Å². The highest BCUT2D eigenvalue weighted by Crippen LogP contribution is 2.48. The predicted molar refractivity (Wildman–Crippen MR) is 149 cm³/mol. The second kappa shape index (κ2) is 6.48. The van der Waals surface area contributed by atoms with Gasteiger partial charge in [-0.05, 0) is 44.5 Å². The second-order valence-corrected chi connectivity index (χ2v) is 10.5. The molecule has 0 radical (unpaired) electrons. The number of benzene rings is 5. The molecule has 0 fully saturated rings. The van der Waals surface area contributed by atoms with Gasteiger partial charge in [0.15, 0.2) is 11.6 Å². The van der Waals surface area contributed by atoms with E-state index < -0.39 is 0 Å². The van der Waals surface area contributed by atoms with E-state index in [9.17, 15) is 19.8 Å². The van der Waals surface area contributed by atoms with Crippen molar-refractivity contribution in [3.63, 3.8) is 0 Å². The van der Waals surface area contributed by atoms with Crippen LogP contribution < -0.4 is 10.4 Å². The van der Waals surface area contributed by atoms with Gasteiger partial charge in [-0.3, -0.25) is 9.59 Å². The largest absolute Gasteiger partial charge is 0.507 e. The van der Waals surface area contributed by atoms with Gasteiger partial charge >= 0.3 is 0 Å². The molecule has 2 unspecified atom stereocenters. The number of hydrogen-bond donors (Lipinski definition) is 2. The van der Waals surface area contributed by atoms with Crippen molar-refractivity contribution in [3.8, 4) is 11.5 Å². The first-order chi connectivity index (χ1) is 18.5. The average molecular weight is 491 g/mol. The van der Waals surface area contributed by atoms with Gasteiger partial charge in [-0.1, -0.05) is 72.9 Å². The number of fused-ring (bicyclic) bond motifs is 4. The molecule has 9 rings (SSSR count). The summed E-state index contributed by atoms with van der Waals surface area (Å²) >= 11 is 0. The average Bonchev–Trinajstić information content (AvgIpc) is 2.95. The fourth-order valence-electron chi connectivity index (χ4n) is 7.31. The molecule has 178 valence electrons. The molecule has 4 aliphatic rings. The van der Waals surface area contributed by atoms with Crippen molar-refractivity contribution in [2.45, 2.75) is 0 Å². The van der Waals surface area contributed by atoms with Gasteiger partial charge in [0, 0.05) is 43.4 Å². The van der Waals surface area contributed by atoms with Gasteiger partial charge in [-0.15, -0.1) is 0 Å². The predicted octanol–water partition coefficient (Wildman–Crippen LogP) is 5.33. The van der Waals surface area contributed by atoms with Crippen LogP contribution in [0.1, 0.15) is 20.7 Å². The van der Waals surface area contributed by atoms with Crippen molar-refractivity contribution in [1.29, 1.82) is 0 Å². The van der Waals surface area contributed by atoms with Gasteiger partial charge in [0.25, 0.3) is 0 Å². The van der Waals surface area contributed by atoms with E-state index in [4.69, 9.17) is 0 Å². The molecular weight excluding hydrogens is 472 g/mol. The minimum absolute atomic E-state index is 0.0294. The topological polar surface area (TPSA) is 74.6 Å². The van der Waals surface area contributed by atoms with Crippen molar-refractivity contribution in [2.24, 2.45) is 11.8 Å². The summed E-state index contributed by atoms with van der Waals surface area (Å²) < 4.78 is 0. The Morgan fingerprint density at radius 1 is 0.526 bits per heavy atom. The fourth-order valence-corrected chi connectivity index (χ4v) is 7.31. The van der Waals surface area contributed by atoms with Crippen molar-refractivity contribution in [2.75, 3.05) is 0 Å². The molecule has 5 aromatic rings. The number of aromatic hydroxyl groups is 2. The van der Waals surface area contributed by atoms with Crippen LogP contribution in [0.5, 0.6) is 11.5 Å². The summed E-state index contributed by atoms with van der Waals surface area (Å²) in [4.78, 5) is 27.2.